The molecule has 6 nitrogen and oxygen atoms in total. The lowest BCUT2D eigenvalue weighted by Crippen LogP contribution is -2.44. The summed E-state index contributed by atoms with van der Waals surface area (Å²) in [4.78, 5) is 7.00. The van der Waals surface area contributed by atoms with Crippen molar-refractivity contribution in [2.24, 2.45) is 7.05 Å². The summed E-state index contributed by atoms with van der Waals surface area (Å²) in [5.74, 6) is 0.854. The number of anilines is 2. The van der Waals surface area contributed by atoms with Crippen molar-refractivity contribution >= 4 is 30.9 Å². The first-order valence-corrected chi connectivity index (χ1v) is 11.5. The van der Waals surface area contributed by atoms with Gasteiger partial charge in [0.05, 0.1) is 18.0 Å². The Kier molecular flexibility index (Phi) is 4.12. The lowest BCUT2D eigenvalue weighted by atomic mass is 10.2. The highest BCUT2D eigenvalue weighted by atomic mass is 28.4. The number of aryl methyl sites for hydroxylation is 1. The third kappa shape index (κ3) is 3.02. The first-order valence-electron chi connectivity index (χ1n) is 8.59. The molecule has 2 aromatic rings. The smallest absolute Gasteiger partial charge is 0.192 e. The number of hydrogen-bond acceptors (Lipinski definition) is 5. The topological polar surface area (TPSA) is 69.2 Å². The van der Waals surface area contributed by atoms with Crippen LogP contribution in [0.2, 0.25) is 18.1 Å². The van der Waals surface area contributed by atoms with Gasteiger partial charge in [0.25, 0.3) is 0 Å². The average molecular weight is 348 g/mol. The van der Waals surface area contributed by atoms with Crippen molar-refractivity contribution in [3.05, 3.63) is 12.3 Å². The van der Waals surface area contributed by atoms with Gasteiger partial charge in [0.1, 0.15) is 0 Å². The molecule has 2 aromatic heterocycles. The van der Waals surface area contributed by atoms with Crippen LogP contribution in [0.4, 0.5) is 11.5 Å². The predicted octanol–water partition coefficient (Wildman–Crippen LogP) is 3.15. The highest BCUT2D eigenvalue weighted by Gasteiger charge is 2.40. The first kappa shape index (κ1) is 17.2. The Morgan fingerprint density at radius 3 is 2.71 bits per heavy atom. The maximum Gasteiger partial charge on any atom is 0.192 e. The van der Waals surface area contributed by atoms with Crippen molar-refractivity contribution < 1.29 is 4.43 Å². The molecule has 0 spiro atoms. The Morgan fingerprint density at radius 2 is 2.04 bits per heavy atom. The molecule has 3 rings (SSSR count). The molecule has 2 N–H and O–H groups in total. The molecular weight excluding hydrogens is 318 g/mol. The van der Waals surface area contributed by atoms with E-state index < -0.39 is 8.32 Å². The van der Waals surface area contributed by atoms with Gasteiger partial charge in [-0.2, -0.15) is 5.10 Å². The molecule has 132 valence electrons. The van der Waals surface area contributed by atoms with Crippen LogP contribution in [-0.2, 0) is 11.5 Å². The molecule has 1 aliphatic heterocycles. The largest absolute Gasteiger partial charge is 0.412 e. The highest BCUT2D eigenvalue weighted by Crippen LogP contribution is 2.39. The summed E-state index contributed by atoms with van der Waals surface area (Å²) in [5, 5.41) is 5.46. The van der Waals surface area contributed by atoms with E-state index in [1.165, 1.54) is 0 Å². The van der Waals surface area contributed by atoms with E-state index in [4.69, 9.17) is 15.1 Å². The molecule has 1 atom stereocenters. The van der Waals surface area contributed by atoms with Crippen molar-refractivity contribution in [3.8, 4) is 0 Å². The number of rotatable bonds is 3. The van der Waals surface area contributed by atoms with E-state index in [1.807, 2.05) is 13.1 Å². The fourth-order valence-corrected chi connectivity index (χ4v) is 4.33. The molecule has 0 bridgehead atoms. The van der Waals surface area contributed by atoms with Gasteiger partial charge in [0.2, 0.25) is 0 Å². The van der Waals surface area contributed by atoms with Crippen molar-refractivity contribution in [2.75, 3.05) is 23.7 Å². The van der Waals surface area contributed by atoms with Gasteiger partial charge in [-0.1, -0.05) is 20.8 Å². The maximum atomic E-state index is 6.56. The Bertz CT molecular complexity index is 749. The standard InChI is InChI=1S/C17H29N5OSi/c1-17(2,3)24(5,6)23-13-7-8-22(11-13)16-14(18)9-12-10-19-21(4)15(12)20-16/h9-10,13H,7-8,11,18H2,1-6H3/t13-/m0/s1. The second-order valence-electron chi connectivity index (χ2n) is 8.32. The number of nitrogens with two attached hydrogens (primary N) is 1. The van der Waals surface area contributed by atoms with E-state index in [1.54, 1.807) is 10.9 Å². The van der Waals surface area contributed by atoms with E-state index in [0.717, 1.165) is 36.4 Å². The van der Waals surface area contributed by atoms with Crippen LogP contribution in [0, 0.1) is 0 Å². The zero-order chi connectivity index (χ0) is 17.7. The molecule has 7 heteroatoms. The van der Waals surface area contributed by atoms with E-state index in [2.05, 4.69) is 43.9 Å². The lowest BCUT2D eigenvalue weighted by molar-refractivity contribution is 0.202. The quantitative estimate of drug-likeness (QED) is 0.864. The van der Waals surface area contributed by atoms with Crippen LogP contribution in [0.25, 0.3) is 11.0 Å². The zero-order valence-electron chi connectivity index (χ0n) is 15.6. The number of hydrogen-bond donors (Lipinski definition) is 1. The lowest BCUT2D eigenvalue weighted by Gasteiger charge is -2.38. The molecule has 1 aliphatic rings. The van der Waals surface area contributed by atoms with Gasteiger partial charge in [0.15, 0.2) is 19.8 Å². The SMILES string of the molecule is Cn1ncc2cc(N)c(N3CC[C@H](O[Si](C)(C)C(C)(C)C)C3)nc21. The molecule has 0 aliphatic carbocycles. The molecule has 3 heterocycles. The van der Waals surface area contributed by atoms with Crippen molar-refractivity contribution in [2.45, 2.75) is 51.4 Å². The van der Waals surface area contributed by atoms with Crippen LogP contribution in [0.15, 0.2) is 12.3 Å². The molecule has 24 heavy (non-hydrogen) atoms. The summed E-state index contributed by atoms with van der Waals surface area (Å²) in [6, 6.07) is 1.96. The van der Waals surface area contributed by atoms with Crippen LogP contribution < -0.4 is 10.6 Å². The third-order valence-electron chi connectivity index (χ3n) is 5.43. The number of fused-ring (bicyclic) bond motifs is 1. The molecule has 0 unspecified atom stereocenters. The van der Waals surface area contributed by atoms with Crippen molar-refractivity contribution in [3.63, 3.8) is 0 Å². The first-order chi connectivity index (χ1) is 11.1. The van der Waals surface area contributed by atoms with Gasteiger partial charge in [-0.05, 0) is 30.6 Å². The number of nitrogen functional groups attached to an aromatic ring is 1. The Balaban J connectivity index is 1.79. The summed E-state index contributed by atoms with van der Waals surface area (Å²) in [6.45, 7) is 13.2. The van der Waals surface area contributed by atoms with Gasteiger partial charge in [-0.15, -0.1) is 0 Å². The van der Waals surface area contributed by atoms with Gasteiger partial charge in [0, 0.05) is 25.5 Å². The van der Waals surface area contributed by atoms with Gasteiger partial charge >= 0.3 is 0 Å². The minimum atomic E-state index is -1.75. The minimum Gasteiger partial charge on any atom is -0.412 e. The molecular formula is C17H29N5OSi. The fourth-order valence-electron chi connectivity index (χ4n) is 2.95. The van der Waals surface area contributed by atoms with Gasteiger partial charge in [-0.25, -0.2) is 4.98 Å². The second-order valence-corrected chi connectivity index (χ2v) is 13.1. The third-order valence-corrected chi connectivity index (χ3v) is 9.96. The summed E-state index contributed by atoms with van der Waals surface area (Å²) < 4.78 is 8.35. The average Bonchev–Trinajstić information content (AvgIpc) is 3.04. The van der Waals surface area contributed by atoms with E-state index >= 15 is 0 Å². The molecule has 1 saturated heterocycles. The Hall–Kier alpha value is -1.60. The van der Waals surface area contributed by atoms with Crippen LogP contribution >= 0.6 is 0 Å². The van der Waals surface area contributed by atoms with Gasteiger partial charge in [-0.3, -0.25) is 4.68 Å². The molecule has 0 saturated carbocycles. The number of aromatic nitrogens is 3. The molecule has 0 aromatic carbocycles. The van der Waals surface area contributed by atoms with Crippen molar-refractivity contribution in [1.29, 1.82) is 0 Å². The number of pyridine rings is 1. The summed E-state index contributed by atoms with van der Waals surface area (Å²) in [7, 11) is 0.157. The van der Waals surface area contributed by atoms with Crippen LogP contribution in [0.5, 0.6) is 0 Å². The molecule has 0 amide bonds. The summed E-state index contributed by atoms with van der Waals surface area (Å²) in [5.41, 5.74) is 7.82. The van der Waals surface area contributed by atoms with E-state index in [0.29, 0.717) is 5.69 Å². The van der Waals surface area contributed by atoms with Crippen LogP contribution in [0.3, 0.4) is 0 Å². The molecule has 0 radical (unpaired) electrons. The zero-order valence-corrected chi connectivity index (χ0v) is 16.6. The minimum absolute atomic E-state index is 0.227. The van der Waals surface area contributed by atoms with E-state index in [-0.39, 0.29) is 11.1 Å². The summed E-state index contributed by atoms with van der Waals surface area (Å²) >= 11 is 0. The maximum absolute atomic E-state index is 6.56. The highest BCUT2D eigenvalue weighted by molar-refractivity contribution is 6.74. The summed E-state index contributed by atoms with van der Waals surface area (Å²) in [6.07, 6.45) is 3.08. The second kappa shape index (κ2) is 5.74. The Labute approximate surface area is 145 Å². The number of nitrogens with zero attached hydrogens (tertiary/aromatic N) is 4. The monoisotopic (exact) mass is 347 g/mol. The van der Waals surface area contributed by atoms with Gasteiger partial charge < -0.3 is 15.1 Å². The van der Waals surface area contributed by atoms with E-state index in [9.17, 15) is 0 Å². The van der Waals surface area contributed by atoms with Crippen molar-refractivity contribution in [1.82, 2.24) is 14.8 Å². The normalized spacial score (nSPS) is 19.4. The fraction of sp³-hybridized carbons (Fsp3) is 0.647. The molecule has 1 fully saturated rings. The Morgan fingerprint density at radius 1 is 1.33 bits per heavy atom. The predicted molar refractivity (Wildman–Crippen MR) is 102 cm³/mol. The van der Waals surface area contributed by atoms with Crippen LogP contribution in [-0.4, -0.2) is 42.3 Å². The van der Waals surface area contributed by atoms with Crippen LogP contribution in [0.1, 0.15) is 27.2 Å².